The van der Waals surface area contributed by atoms with Crippen LogP contribution in [0.4, 0.5) is 0 Å². The number of hydrogen-bond acceptors (Lipinski definition) is 3. The van der Waals surface area contributed by atoms with Crippen molar-refractivity contribution in [3.8, 4) is 0 Å². The van der Waals surface area contributed by atoms with Crippen LogP contribution in [-0.2, 0) is 14.3 Å². The maximum Gasteiger partial charge on any atom is 0.305 e. The molecule has 1 aliphatic rings. The lowest BCUT2D eigenvalue weighted by Gasteiger charge is -2.16. The Kier molecular flexibility index (Phi) is 8.24. The molecule has 0 bridgehead atoms. The fraction of sp³-hybridized carbons (Fsp3) is 0.765. The van der Waals surface area contributed by atoms with Gasteiger partial charge in [-0.15, -0.1) is 0 Å². The normalized spacial score (nSPS) is 22.6. The Morgan fingerprint density at radius 2 is 2.10 bits per heavy atom. The summed E-state index contributed by atoms with van der Waals surface area (Å²) in [5.74, 6) is 1.13. The van der Waals surface area contributed by atoms with Gasteiger partial charge in [0.15, 0.2) is 0 Å². The van der Waals surface area contributed by atoms with Crippen molar-refractivity contribution in [3.63, 3.8) is 0 Å². The summed E-state index contributed by atoms with van der Waals surface area (Å²) in [4.78, 5) is 22.9. The quantitative estimate of drug-likeness (QED) is 0.363. The molecule has 0 aliphatic heterocycles. The van der Waals surface area contributed by atoms with Gasteiger partial charge in [-0.05, 0) is 38.0 Å². The van der Waals surface area contributed by atoms with Crippen molar-refractivity contribution in [1.82, 2.24) is 0 Å². The first-order valence-corrected chi connectivity index (χ1v) is 7.93. The van der Waals surface area contributed by atoms with Crippen molar-refractivity contribution in [3.05, 3.63) is 12.2 Å². The summed E-state index contributed by atoms with van der Waals surface area (Å²) in [6.07, 6.45) is 12.8. The van der Waals surface area contributed by atoms with E-state index in [0.717, 1.165) is 51.4 Å². The first kappa shape index (κ1) is 16.9. The molecule has 114 valence electrons. The predicted octanol–water partition coefficient (Wildman–Crippen LogP) is 4.06. The molecular weight excluding hydrogens is 252 g/mol. The molecule has 0 spiro atoms. The van der Waals surface area contributed by atoms with E-state index in [-0.39, 0.29) is 11.9 Å². The average Bonchev–Trinajstić information content (AvgIpc) is 2.79. The molecule has 1 aliphatic carbocycles. The van der Waals surface area contributed by atoms with Gasteiger partial charge < -0.3 is 4.74 Å². The van der Waals surface area contributed by atoms with Crippen LogP contribution >= 0.6 is 0 Å². The third-order valence-electron chi connectivity index (χ3n) is 4.22. The smallest absolute Gasteiger partial charge is 0.305 e. The zero-order chi connectivity index (χ0) is 14.8. The molecule has 1 fully saturated rings. The van der Waals surface area contributed by atoms with Crippen molar-refractivity contribution < 1.29 is 14.3 Å². The number of unbranched alkanes of at least 4 members (excludes halogenated alkanes) is 2. The van der Waals surface area contributed by atoms with Gasteiger partial charge >= 0.3 is 5.97 Å². The molecule has 20 heavy (non-hydrogen) atoms. The Labute approximate surface area is 122 Å². The van der Waals surface area contributed by atoms with Gasteiger partial charge in [-0.2, -0.15) is 0 Å². The van der Waals surface area contributed by atoms with E-state index in [1.54, 1.807) is 0 Å². The van der Waals surface area contributed by atoms with Crippen LogP contribution in [0.5, 0.6) is 0 Å². The van der Waals surface area contributed by atoms with E-state index in [2.05, 4.69) is 23.8 Å². The molecule has 0 radical (unpaired) electrons. The molecule has 1 rings (SSSR count). The van der Waals surface area contributed by atoms with Crippen LogP contribution in [0.3, 0.4) is 0 Å². The largest absolute Gasteiger partial charge is 0.469 e. The van der Waals surface area contributed by atoms with Crippen LogP contribution in [0.25, 0.3) is 0 Å². The first-order valence-electron chi connectivity index (χ1n) is 7.93. The van der Waals surface area contributed by atoms with E-state index in [0.29, 0.717) is 18.1 Å². The number of hydrogen-bond donors (Lipinski definition) is 0. The Balaban J connectivity index is 2.22. The van der Waals surface area contributed by atoms with E-state index in [1.165, 1.54) is 7.11 Å². The summed E-state index contributed by atoms with van der Waals surface area (Å²) in [5, 5.41) is 0. The van der Waals surface area contributed by atoms with Crippen molar-refractivity contribution in [2.24, 2.45) is 11.8 Å². The zero-order valence-electron chi connectivity index (χ0n) is 12.9. The summed E-state index contributed by atoms with van der Waals surface area (Å²) < 4.78 is 4.63. The van der Waals surface area contributed by atoms with E-state index >= 15 is 0 Å². The Morgan fingerprint density at radius 1 is 1.30 bits per heavy atom. The van der Waals surface area contributed by atoms with Crippen LogP contribution in [0, 0.1) is 11.8 Å². The van der Waals surface area contributed by atoms with Crippen molar-refractivity contribution in [2.75, 3.05) is 7.11 Å². The molecule has 3 nitrogen and oxygen atoms in total. The van der Waals surface area contributed by atoms with Gasteiger partial charge in [0, 0.05) is 18.8 Å². The van der Waals surface area contributed by atoms with Gasteiger partial charge in [-0.25, -0.2) is 0 Å². The fourth-order valence-corrected chi connectivity index (χ4v) is 3.01. The molecule has 2 atom stereocenters. The second-order valence-electron chi connectivity index (χ2n) is 5.66. The van der Waals surface area contributed by atoms with Gasteiger partial charge in [-0.1, -0.05) is 31.9 Å². The van der Waals surface area contributed by atoms with E-state index in [4.69, 9.17) is 0 Å². The van der Waals surface area contributed by atoms with Gasteiger partial charge in [0.05, 0.1) is 7.11 Å². The number of esters is 1. The number of allylic oxidation sites excluding steroid dienone is 2. The number of carbonyl (C=O) groups is 2. The van der Waals surface area contributed by atoms with Gasteiger partial charge in [-0.3, -0.25) is 9.59 Å². The number of ether oxygens (including phenoxy) is 1. The van der Waals surface area contributed by atoms with Crippen LogP contribution in [0.2, 0.25) is 0 Å². The maximum atomic E-state index is 11.9. The lowest BCUT2D eigenvalue weighted by atomic mass is 9.88. The molecule has 0 N–H and O–H groups in total. The fourth-order valence-electron chi connectivity index (χ4n) is 3.01. The Hall–Kier alpha value is -1.12. The Morgan fingerprint density at radius 3 is 2.80 bits per heavy atom. The van der Waals surface area contributed by atoms with Crippen LogP contribution in [0.15, 0.2) is 12.2 Å². The second kappa shape index (κ2) is 9.73. The number of rotatable bonds is 9. The van der Waals surface area contributed by atoms with E-state index in [9.17, 15) is 9.59 Å². The lowest BCUT2D eigenvalue weighted by molar-refractivity contribution is -0.140. The highest BCUT2D eigenvalue weighted by Gasteiger charge is 2.32. The SMILES string of the molecule is CC/C=C\CC1C(=O)CCC1CCCCCC(=O)OC. The molecular formula is C17H28O3. The molecule has 0 amide bonds. The second-order valence-corrected chi connectivity index (χ2v) is 5.66. The summed E-state index contributed by atoms with van der Waals surface area (Å²) in [6.45, 7) is 2.12. The monoisotopic (exact) mass is 280 g/mol. The summed E-state index contributed by atoms with van der Waals surface area (Å²) in [5.41, 5.74) is 0. The minimum Gasteiger partial charge on any atom is -0.469 e. The van der Waals surface area contributed by atoms with Gasteiger partial charge in [0.25, 0.3) is 0 Å². The zero-order valence-corrected chi connectivity index (χ0v) is 12.9. The van der Waals surface area contributed by atoms with Crippen molar-refractivity contribution >= 4 is 11.8 Å². The molecule has 0 aromatic rings. The molecule has 0 aromatic heterocycles. The topological polar surface area (TPSA) is 43.4 Å². The highest BCUT2D eigenvalue weighted by molar-refractivity contribution is 5.83. The van der Waals surface area contributed by atoms with Crippen molar-refractivity contribution in [2.45, 2.75) is 64.7 Å². The lowest BCUT2D eigenvalue weighted by Crippen LogP contribution is -2.14. The Bertz CT molecular complexity index is 333. The minimum atomic E-state index is -0.122. The van der Waals surface area contributed by atoms with E-state index in [1.807, 2.05) is 0 Å². The summed E-state index contributed by atoms with van der Waals surface area (Å²) in [6, 6.07) is 0. The number of Topliss-reactive ketones (excluding diaryl/α,β-unsaturated/α-hetero) is 1. The standard InChI is InChI=1S/C17H28O3/c1-3-4-6-10-15-14(12-13-16(15)18)9-7-5-8-11-17(19)20-2/h4,6,14-15H,3,5,7-13H2,1-2H3/b6-4-. The molecule has 3 heteroatoms. The summed E-state index contributed by atoms with van der Waals surface area (Å²) in [7, 11) is 1.43. The predicted molar refractivity (Wildman–Crippen MR) is 80.4 cm³/mol. The number of carbonyl (C=O) groups excluding carboxylic acids is 2. The van der Waals surface area contributed by atoms with Crippen molar-refractivity contribution in [1.29, 1.82) is 0 Å². The third kappa shape index (κ3) is 5.89. The van der Waals surface area contributed by atoms with Gasteiger partial charge in [0.2, 0.25) is 0 Å². The highest BCUT2D eigenvalue weighted by Crippen LogP contribution is 2.35. The molecule has 0 heterocycles. The number of ketones is 1. The minimum absolute atomic E-state index is 0.122. The molecule has 0 aromatic carbocycles. The number of methoxy groups -OCH3 is 1. The van der Waals surface area contributed by atoms with Crippen LogP contribution < -0.4 is 0 Å². The van der Waals surface area contributed by atoms with Crippen LogP contribution in [-0.4, -0.2) is 18.9 Å². The van der Waals surface area contributed by atoms with Gasteiger partial charge in [0.1, 0.15) is 5.78 Å². The van der Waals surface area contributed by atoms with E-state index < -0.39 is 0 Å². The molecule has 0 saturated heterocycles. The summed E-state index contributed by atoms with van der Waals surface area (Å²) >= 11 is 0. The van der Waals surface area contributed by atoms with Crippen LogP contribution in [0.1, 0.15) is 64.7 Å². The average molecular weight is 280 g/mol. The highest BCUT2D eigenvalue weighted by atomic mass is 16.5. The third-order valence-corrected chi connectivity index (χ3v) is 4.22. The molecule has 2 unspecified atom stereocenters. The first-order chi connectivity index (χ1) is 9.69. The molecule has 1 saturated carbocycles. The maximum absolute atomic E-state index is 11.9.